The maximum atomic E-state index is 13.5. The summed E-state index contributed by atoms with van der Waals surface area (Å²) in [6, 6.07) is 30.5. The molecule has 3 fully saturated rings. The predicted molar refractivity (Wildman–Crippen MR) is 147 cm³/mol. The average molecular weight is 490 g/mol. The first kappa shape index (κ1) is 23.6. The van der Waals surface area contributed by atoms with E-state index in [-0.39, 0.29) is 18.1 Å². The number of nitrogens with zero attached hydrogens (tertiary/aromatic N) is 2. The van der Waals surface area contributed by atoms with E-state index in [1.807, 2.05) is 54.7 Å². The molecule has 4 heteroatoms. The molecule has 7 rings (SSSR count). The quantitative estimate of drug-likeness (QED) is 0.164. The Morgan fingerprint density at radius 3 is 2.51 bits per heavy atom. The molecule has 37 heavy (non-hydrogen) atoms. The van der Waals surface area contributed by atoms with Gasteiger partial charge >= 0.3 is 5.97 Å². The molecule has 3 aliphatic heterocycles. The first-order valence-corrected chi connectivity index (χ1v) is 13.3. The normalized spacial score (nSPS) is 25.5. The third kappa shape index (κ3) is 4.47. The average Bonchev–Trinajstić information content (AvgIpc) is 2.96. The second-order valence-corrected chi connectivity index (χ2v) is 10.6. The van der Waals surface area contributed by atoms with Gasteiger partial charge in [-0.05, 0) is 30.2 Å². The van der Waals surface area contributed by atoms with Gasteiger partial charge in [0, 0.05) is 41.5 Å². The number of hydrogen-bond donors (Lipinski definition) is 0. The highest BCUT2D eigenvalue weighted by Gasteiger charge is 2.55. The number of hydrogen-bond acceptors (Lipinski definition) is 3. The molecule has 4 nitrogen and oxygen atoms in total. The lowest BCUT2D eigenvalue weighted by Crippen LogP contribution is -2.67. The first-order valence-electron chi connectivity index (χ1n) is 13.3. The molecule has 0 radical (unpaired) electrons. The van der Waals surface area contributed by atoms with Gasteiger partial charge in [0.2, 0.25) is 0 Å². The lowest BCUT2D eigenvalue weighted by molar-refractivity contribution is -0.984. The number of piperidine rings is 3. The van der Waals surface area contributed by atoms with Crippen molar-refractivity contribution in [2.45, 2.75) is 31.5 Å². The number of carbonyl (C=O) groups excluding carboxylic acids is 1. The number of esters is 1. The second-order valence-electron chi connectivity index (χ2n) is 10.6. The lowest BCUT2D eigenvalue weighted by atomic mass is 9.71. The Balaban J connectivity index is 1.47. The molecule has 0 aliphatic carbocycles. The van der Waals surface area contributed by atoms with Crippen LogP contribution in [-0.4, -0.2) is 34.6 Å². The van der Waals surface area contributed by atoms with Crippen molar-refractivity contribution in [2.24, 2.45) is 11.8 Å². The Labute approximate surface area is 218 Å². The van der Waals surface area contributed by atoms with Gasteiger partial charge in [0.1, 0.15) is 12.6 Å². The molecule has 3 saturated heterocycles. The van der Waals surface area contributed by atoms with Crippen LogP contribution in [0.15, 0.2) is 110 Å². The van der Waals surface area contributed by atoms with Gasteiger partial charge in [-0.25, -0.2) is 4.79 Å². The Kier molecular flexibility index (Phi) is 6.35. The van der Waals surface area contributed by atoms with Crippen LogP contribution in [0.2, 0.25) is 0 Å². The van der Waals surface area contributed by atoms with Gasteiger partial charge in [-0.2, -0.15) is 0 Å². The summed E-state index contributed by atoms with van der Waals surface area (Å²) in [5, 5.41) is 1.05. The summed E-state index contributed by atoms with van der Waals surface area (Å²) >= 11 is 0. The maximum Gasteiger partial charge on any atom is 0.338 e. The standard InChI is InChI=1S/C33H33N2O2/c1-2-25-23-35(22-24-11-5-3-6-12-24)20-18-27(25)21-31(35)32(37-33(36)26-13-7-4-8-14-26)29-17-19-34-30-16-10-9-15-28(29)30/h2-17,19,25,27,31-32H,1,18,20-23H2/q+1/t25?,27?,31-,32?,35-/m0/s1. The van der Waals surface area contributed by atoms with Crippen molar-refractivity contribution in [2.75, 3.05) is 13.1 Å². The third-order valence-electron chi connectivity index (χ3n) is 8.60. The molecule has 3 aromatic carbocycles. The van der Waals surface area contributed by atoms with Crippen LogP contribution in [0.3, 0.4) is 0 Å². The van der Waals surface area contributed by atoms with E-state index in [0.717, 1.165) is 47.0 Å². The molecule has 4 heterocycles. The molecule has 5 atom stereocenters. The fourth-order valence-corrected chi connectivity index (χ4v) is 6.78. The van der Waals surface area contributed by atoms with E-state index >= 15 is 0 Å². The maximum absolute atomic E-state index is 13.5. The van der Waals surface area contributed by atoms with Gasteiger partial charge in [0.05, 0.1) is 24.2 Å². The molecule has 1 aromatic heterocycles. The number of aromatic nitrogens is 1. The minimum Gasteiger partial charge on any atom is -0.447 e. The van der Waals surface area contributed by atoms with Crippen LogP contribution in [0.4, 0.5) is 0 Å². The van der Waals surface area contributed by atoms with E-state index < -0.39 is 0 Å². The number of ether oxygens (including phenoxy) is 1. The molecule has 0 spiro atoms. The van der Waals surface area contributed by atoms with Crippen molar-refractivity contribution in [3.8, 4) is 0 Å². The zero-order chi connectivity index (χ0) is 25.2. The number of quaternary nitrogens is 1. The van der Waals surface area contributed by atoms with Crippen molar-refractivity contribution >= 4 is 16.9 Å². The van der Waals surface area contributed by atoms with Gasteiger partial charge in [-0.1, -0.05) is 72.8 Å². The topological polar surface area (TPSA) is 39.2 Å². The highest BCUT2D eigenvalue weighted by atomic mass is 16.5. The third-order valence-corrected chi connectivity index (χ3v) is 8.60. The van der Waals surface area contributed by atoms with Crippen LogP contribution in [0.5, 0.6) is 0 Å². The van der Waals surface area contributed by atoms with Gasteiger partial charge in [-0.3, -0.25) is 4.98 Å². The Hall–Kier alpha value is -3.76. The van der Waals surface area contributed by atoms with Gasteiger partial charge in [0.15, 0.2) is 6.10 Å². The summed E-state index contributed by atoms with van der Waals surface area (Å²) in [6.45, 7) is 7.22. The highest BCUT2D eigenvalue weighted by Crippen LogP contribution is 2.49. The molecule has 3 aliphatic rings. The predicted octanol–water partition coefficient (Wildman–Crippen LogP) is 6.74. The smallest absolute Gasteiger partial charge is 0.338 e. The van der Waals surface area contributed by atoms with E-state index in [0.29, 0.717) is 17.4 Å². The van der Waals surface area contributed by atoms with Crippen LogP contribution in [0.1, 0.15) is 40.4 Å². The van der Waals surface area contributed by atoms with Gasteiger partial charge in [0.25, 0.3) is 0 Å². The van der Waals surface area contributed by atoms with Crippen molar-refractivity contribution in [1.29, 1.82) is 0 Å². The van der Waals surface area contributed by atoms with E-state index in [4.69, 9.17) is 4.74 Å². The number of benzene rings is 3. The lowest BCUT2D eigenvalue weighted by Gasteiger charge is -2.58. The molecule has 186 valence electrons. The zero-order valence-corrected chi connectivity index (χ0v) is 21.1. The molecule has 4 aromatic rings. The number of para-hydroxylation sites is 1. The van der Waals surface area contributed by atoms with Crippen LogP contribution in [0.25, 0.3) is 10.9 Å². The number of rotatable bonds is 7. The molecule has 3 unspecified atom stereocenters. The van der Waals surface area contributed by atoms with Crippen LogP contribution in [0, 0.1) is 11.8 Å². The number of fused-ring (bicyclic) bond motifs is 4. The molecule has 0 amide bonds. The Bertz CT molecular complexity index is 1400. The van der Waals surface area contributed by atoms with Crippen LogP contribution >= 0.6 is 0 Å². The van der Waals surface area contributed by atoms with Crippen molar-refractivity contribution in [3.63, 3.8) is 0 Å². The molecular formula is C33H33N2O2+. The van der Waals surface area contributed by atoms with Crippen LogP contribution < -0.4 is 0 Å². The Morgan fingerprint density at radius 2 is 1.73 bits per heavy atom. The van der Waals surface area contributed by atoms with E-state index in [1.165, 1.54) is 12.0 Å². The highest BCUT2D eigenvalue weighted by molar-refractivity contribution is 5.90. The van der Waals surface area contributed by atoms with Crippen LogP contribution in [-0.2, 0) is 11.3 Å². The Morgan fingerprint density at radius 1 is 1.00 bits per heavy atom. The van der Waals surface area contributed by atoms with E-state index in [9.17, 15) is 4.79 Å². The monoisotopic (exact) mass is 489 g/mol. The van der Waals surface area contributed by atoms with E-state index in [1.54, 1.807) is 0 Å². The van der Waals surface area contributed by atoms with Crippen molar-refractivity contribution in [3.05, 3.63) is 127 Å². The van der Waals surface area contributed by atoms with Gasteiger partial charge < -0.3 is 9.22 Å². The number of carbonyl (C=O) groups is 1. The van der Waals surface area contributed by atoms with Crippen molar-refractivity contribution in [1.82, 2.24) is 4.98 Å². The van der Waals surface area contributed by atoms with Gasteiger partial charge in [-0.15, -0.1) is 6.58 Å². The van der Waals surface area contributed by atoms with Crippen molar-refractivity contribution < 1.29 is 14.0 Å². The first-order chi connectivity index (χ1) is 18.2. The SMILES string of the molecule is C=CC1C[N@@+]2(Cc3ccccc3)CCC1C[C@H]2C(OC(=O)c1ccccc1)c1ccnc2ccccc12. The number of pyridine rings is 1. The molecule has 0 saturated carbocycles. The zero-order valence-electron chi connectivity index (χ0n) is 21.1. The second kappa shape index (κ2) is 9.95. The van der Waals surface area contributed by atoms with E-state index in [2.05, 4.69) is 60.1 Å². The summed E-state index contributed by atoms with van der Waals surface area (Å²) in [5.74, 6) is 0.768. The molecule has 2 bridgehead atoms. The summed E-state index contributed by atoms with van der Waals surface area (Å²) < 4.78 is 7.45. The minimum atomic E-state index is -0.377. The summed E-state index contributed by atoms with van der Waals surface area (Å²) in [4.78, 5) is 18.1. The summed E-state index contributed by atoms with van der Waals surface area (Å²) in [6.07, 6.45) is 5.82. The fourth-order valence-electron chi connectivity index (χ4n) is 6.78. The summed E-state index contributed by atoms with van der Waals surface area (Å²) in [5.41, 5.74) is 3.88. The molecule has 0 N–H and O–H groups in total. The fraction of sp³-hybridized carbons (Fsp3) is 0.273. The minimum absolute atomic E-state index is 0.147. The molecular weight excluding hydrogens is 456 g/mol. The summed E-state index contributed by atoms with van der Waals surface area (Å²) in [7, 11) is 0. The largest absolute Gasteiger partial charge is 0.447 e.